The van der Waals surface area contributed by atoms with Crippen LogP contribution in [-0.2, 0) is 19.0 Å². The topological polar surface area (TPSA) is 115 Å². The molecule has 0 bridgehead atoms. The highest BCUT2D eigenvalue weighted by atomic mass is 16.6. The lowest BCUT2D eigenvalue weighted by Crippen LogP contribution is -2.19. The van der Waals surface area contributed by atoms with E-state index in [4.69, 9.17) is 23.7 Å². The number of para-hydroxylation sites is 1. The summed E-state index contributed by atoms with van der Waals surface area (Å²) in [7, 11) is 2.43. The second kappa shape index (κ2) is 11.9. The van der Waals surface area contributed by atoms with Gasteiger partial charge in [-0.2, -0.15) is 5.10 Å². The van der Waals surface area contributed by atoms with Crippen LogP contribution in [0.2, 0.25) is 0 Å². The van der Waals surface area contributed by atoms with E-state index in [2.05, 4.69) is 5.10 Å². The Hall–Kier alpha value is -4.34. The number of rotatable bonds is 10. The molecule has 10 heteroatoms. The average Bonchev–Trinajstić information content (AvgIpc) is 3.28. The highest BCUT2D eigenvalue weighted by Crippen LogP contribution is 2.35. The molecular formula is C26H28N2O8. The van der Waals surface area contributed by atoms with E-state index in [0.717, 1.165) is 0 Å². The lowest BCUT2D eigenvalue weighted by molar-refractivity contribution is -0.149. The van der Waals surface area contributed by atoms with E-state index in [0.29, 0.717) is 29.4 Å². The van der Waals surface area contributed by atoms with Gasteiger partial charge in [-0.15, -0.1) is 0 Å². The number of methoxy groups -OCH3 is 2. The first kappa shape index (κ1) is 26.3. The Morgan fingerprint density at radius 3 is 2.22 bits per heavy atom. The quantitative estimate of drug-likeness (QED) is 0.305. The van der Waals surface area contributed by atoms with E-state index in [1.54, 1.807) is 63.2 Å². The molecule has 0 radical (unpaired) electrons. The van der Waals surface area contributed by atoms with Gasteiger partial charge in [0.05, 0.1) is 32.6 Å². The maximum atomic E-state index is 12.8. The van der Waals surface area contributed by atoms with Crippen LogP contribution in [0.3, 0.4) is 0 Å². The predicted octanol–water partition coefficient (Wildman–Crippen LogP) is 3.84. The first-order chi connectivity index (χ1) is 17.3. The van der Waals surface area contributed by atoms with Crippen molar-refractivity contribution in [3.63, 3.8) is 0 Å². The summed E-state index contributed by atoms with van der Waals surface area (Å²) in [5, 5.41) is 4.57. The van der Waals surface area contributed by atoms with Crippen molar-refractivity contribution in [3.05, 3.63) is 59.8 Å². The fourth-order valence-electron chi connectivity index (χ4n) is 3.43. The van der Waals surface area contributed by atoms with Gasteiger partial charge in [0.25, 0.3) is 0 Å². The van der Waals surface area contributed by atoms with Crippen molar-refractivity contribution in [1.82, 2.24) is 9.78 Å². The van der Waals surface area contributed by atoms with Gasteiger partial charge >= 0.3 is 17.9 Å². The van der Waals surface area contributed by atoms with Crippen molar-refractivity contribution >= 4 is 17.9 Å². The van der Waals surface area contributed by atoms with Crippen molar-refractivity contribution in [2.24, 2.45) is 0 Å². The Morgan fingerprint density at radius 1 is 0.917 bits per heavy atom. The predicted molar refractivity (Wildman–Crippen MR) is 130 cm³/mol. The first-order valence-electron chi connectivity index (χ1n) is 11.2. The number of hydrogen-bond acceptors (Lipinski definition) is 9. The number of ether oxygens (including phenoxy) is 5. The van der Waals surface area contributed by atoms with Crippen LogP contribution in [0.1, 0.15) is 41.6 Å². The molecule has 0 fully saturated rings. The zero-order valence-corrected chi connectivity index (χ0v) is 20.8. The van der Waals surface area contributed by atoms with Crippen molar-refractivity contribution < 1.29 is 38.1 Å². The third-order valence-corrected chi connectivity index (χ3v) is 4.88. The number of carbonyl (C=O) groups excluding carboxylic acids is 3. The third kappa shape index (κ3) is 5.83. The summed E-state index contributed by atoms with van der Waals surface area (Å²) in [6.07, 6.45) is -0.268. The lowest BCUT2D eigenvalue weighted by atomic mass is 10.0. The number of esters is 3. The highest BCUT2D eigenvalue weighted by Gasteiger charge is 2.31. The molecule has 3 aromatic rings. The normalized spacial score (nSPS) is 10.6. The maximum Gasteiger partial charge on any atom is 0.357 e. The Kier molecular flexibility index (Phi) is 8.66. The molecule has 1 aromatic heterocycles. The summed E-state index contributed by atoms with van der Waals surface area (Å²) in [5.74, 6) is -1.42. The van der Waals surface area contributed by atoms with Gasteiger partial charge in [-0.3, -0.25) is 0 Å². The van der Waals surface area contributed by atoms with Crippen LogP contribution in [0.4, 0.5) is 0 Å². The minimum absolute atomic E-state index is 0.0650. The van der Waals surface area contributed by atoms with Gasteiger partial charge in [0.15, 0.2) is 23.8 Å². The molecule has 0 spiro atoms. The molecule has 36 heavy (non-hydrogen) atoms. The molecular weight excluding hydrogens is 468 g/mol. The third-order valence-electron chi connectivity index (χ3n) is 4.88. The number of nitrogens with zero attached hydrogens (tertiary/aromatic N) is 2. The van der Waals surface area contributed by atoms with E-state index >= 15 is 0 Å². The van der Waals surface area contributed by atoms with Gasteiger partial charge in [0, 0.05) is 5.56 Å². The SMILES string of the molecule is CCOc1cc(-c2nn(-c3ccccc3)c(C(=O)OC)c2C(=O)OC)ccc1OCC(=O)OC(C)C. The Bertz CT molecular complexity index is 1230. The molecule has 0 aliphatic carbocycles. The smallest absolute Gasteiger partial charge is 0.357 e. The van der Waals surface area contributed by atoms with Gasteiger partial charge in [-0.25, -0.2) is 19.1 Å². The number of hydrogen-bond donors (Lipinski definition) is 0. The standard InChI is InChI=1S/C26H28N2O8/c1-6-34-20-14-17(12-13-19(20)35-15-21(29)36-16(2)3)23-22(25(30)32-4)24(26(31)33-5)28(27-23)18-10-8-7-9-11-18/h7-14,16H,6,15H2,1-5H3. The molecule has 1 heterocycles. The second-order valence-corrected chi connectivity index (χ2v) is 7.72. The number of aromatic nitrogens is 2. The largest absolute Gasteiger partial charge is 0.490 e. The molecule has 10 nitrogen and oxygen atoms in total. The van der Waals surface area contributed by atoms with Crippen molar-refractivity contribution in [2.45, 2.75) is 26.9 Å². The van der Waals surface area contributed by atoms with E-state index in [-0.39, 0.29) is 29.7 Å². The summed E-state index contributed by atoms with van der Waals surface area (Å²) in [5.41, 5.74) is 1.03. The molecule has 0 saturated carbocycles. The zero-order valence-electron chi connectivity index (χ0n) is 20.8. The van der Waals surface area contributed by atoms with Gasteiger partial charge in [-0.1, -0.05) is 18.2 Å². The van der Waals surface area contributed by atoms with Crippen molar-refractivity contribution in [1.29, 1.82) is 0 Å². The fraction of sp³-hybridized carbons (Fsp3) is 0.308. The highest BCUT2D eigenvalue weighted by molar-refractivity contribution is 6.06. The van der Waals surface area contributed by atoms with Crippen LogP contribution in [0.15, 0.2) is 48.5 Å². The molecule has 3 rings (SSSR count). The molecule has 0 atom stereocenters. The number of benzene rings is 2. The molecule has 0 aliphatic rings. The molecule has 0 N–H and O–H groups in total. The van der Waals surface area contributed by atoms with Gasteiger partial charge in [0.1, 0.15) is 11.3 Å². The van der Waals surface area contributed by atoms with Crippen LogP contribution in [-0.4, -0.2) is 61.2 Å². The van der Waals surface area contributed by atoms with Crippen LogP contribution in [0, 0.1) is 0 Å². The second-order valence-electron chi connectivity index (χ2n) is 7.72. The van der Waals surface area contributed by atoms with Crippen molar-refractivity contribution in [3.8, 4) is 28.4 Å². The summed E-state index contributed by atoms with van der Waals surface area (Å²) in [4.78, 5) is 37.5. The Balaban J connectivity index is 2.13. The van der Waals surface area contributed by atoms with E-state index in [9.17, 15) is 14.4 Å². The summed E-state index contributed by atoms with van der Waals surface area (Å²) in [6, 6.07) is 13.7. The fourth-order valence-corrected chi connectivity index (χ4v) is 3.43. The molecule has 0 aliphatic heterocycles. The van der Waals surface area contributed by atoms with E-state index in [1.807, 2.05) is 6.07 Å². The molecule has 0 saturated heterocycles. The monoisotopic (exact) mass is 496 g/mol. The minimum Gasteiger partial charge on any atom is -0.490 e. The number of carbonyl (C=O) groups is 3. The molecule has 0 amide bonds. The van der Waals surface area contributed by atoms with Crippen molar-refractivity contribution in [2.75, 3.05) is 27.4 Å². The maximum absolute atomic E-state index is 12.8. The summed E-state index contributed by atoms with van der Waals surface area (Å²) < 4.78 is 27.7. The van der Waals surface area contributed by atoms with Crippen LogP contribution in [0.25, 0.3) is 16.9 Å². The zero-order chi connectivity index (χ0) is 26.2. The summed E-state index contributed by atoms with van der Waals surface area (Å²) in [6.45, 7) is 5.29. The average molecular weight is 497 g/mol. The Morgan fingerprint density at radius 2 is 1.61 bits per heavy atom. The first-order valence-corrected chi connectivity index (χ1v) is 11.2. The van der Waals surface area contributed by atoms with E-state index in [1.165, 1.54) is 18.9 Å². The molecule has 190 valence electrons. The van der Waals surface area contributed by atoms with Gasteiger partial charge < -0.3 is 23.7 Å². The van der Waals surface area contributed by atoms with Gasteiger partial charge in [0.2, 0.25) is 0 Å². The van der Waals surface area contributed by atoms with Gasteiger partial charge in [-0.05, 0) is 51.1 Å². The molecule has 2 aromatic carbocycles. The van der Waals surface area contributed by atoms with Crippen LogP contribution in [0.5, 0.6) is 11.5 Å². The van der Waals surface area contributed by atoms with E-state index < -0.39 is 17.9 Å². The minimum atomic E-state index is -0.762. The summed E-state index contributed by atoms with van der Waals surface area (Å²) >= 11 is 0. The van der Waals surface area contributed by atoms with Crippen LogP contribution < -0.4 is 9.47 Å². The Labute approximate surface area is 208 Å². The van der Waals surface area contributed by atoms with Crippen LogP contribution >= 0.6 is 0 Å². The lowest BCUT2D eigenvalue weighted by Gasteiger charge is -2.14. The molecule has 0 unspecified atom stereocenters.